The van der Waals surface area contributed by atoms with Gasteiger partial charge in [0.1, 0.15) is 11.9 Å². The Morgan fingerprint density at radius 2 is 1.58 bits per heavy atom. The molecule has 1 heterocycles. The number of carbonyl (C=O) groups excluding carboxylic acids is 2. The van der Waals surface area contributed by atoms with Crippen molar-refractivity contribution >= 4 is 46.4 Å². The van der Waals surface area contributed by atoms with E-state index in [4.69, 9.17) is 23.8 Å². The Bertz CT molecular complexity index is 1160. The van der Waals surface area contributed by atoms with Crippen molar-refractivity contribution in [2.75, 3.05) is 5.32 Å². The first-order valence-electron chi connectivity index (χ1n) is 10.4. The van der Waals surface area contributed by atoms with Gasteiger partial charge in [0.15, 0.2) is 5.11 Å². The number of thiocarbonyl (C=S) groups is 1. The third-order valence-electron chi connectivity index (χ3n) is 5.36. The highest BCUT2D eigenvalue weighted by Gasteiger charge is 2.43. The van der Waals surface area contributed by atoms with E-state index in [-0.39, 0.29) is 18.2 Å². The van der Waals surface area contributed by atoms with Crippen LogP contribution in [-0.4, -0.2) is 32.8 Å². The van der Waals surface area contributed by atoms with Crippen molar-refractivity contribution in [3.8, 4) is 0 Å². The van der Waals surface area contributed by atoms with E-state index in [1.807, 2.05) is 42.5 Å². The van der Waals surface area contributed by atoms with Crippen LogP contribution in [0.5, 0.6) is 0 Å². The van der Waals surface area contributed by atoms with E-state index in [0.29, 0.717) is 28.9 Å². The van der Waals surface area contributed by atoms with Crippen LogP contribution in [0.1, 0.15) is 17.5 Å². The number of benzene rings is 3. The Balaban J connectivity index is 1.55. The van der Waals surface area contributed by atoms with Gasteiger partial charge in [-0.3, -0.25) is 14.5 Å². The molecular weight excluding hydrogens is 461 g/mol. The number of hydrogen-bond acceptors (Lipinski definition) is 3. The maximum Gasteiger partial charge on any atom is 0.252 e. The Morgan fingerprint density at radius 3 is 2.24 bits per heavy atom. The van der Waals surface area contributed by atoms with Crippen LogP contribution in [0.2, 0.25) is 5.02 Å². The number of nitrogens with zero attached hydrogens (tertiary/aromatic N) is 2. The number of anilines is 1. The summed E-state index contributed by atoms with van der Waals surface area (Å²) in [5, 5.41) is 3.71. The Hall–Kier alpha value is -3.29. The molecule has 4 rings (SSSR count). The zero-order valence-corrected chi connectivity index (χ0v) is 19.2. The quantitative estimate of drug-likeness (QED) is 0.482. The molecule has 1 unspecified atom stereocenters. The SMILES string of the molecule is O=C(CC1C(=O)N(Cc2ccccc2)C(=S)N1Cc1ccc(Cl)cc1)Nc1ccc(F)cc1. The minimum Gasteiger partial charge on any atom is -0.332 e. The average molecular weight is 482 g/mol. The van der Waals surface area contributed by atoms with Gasteiger partial charge in [-0.25, -0.2) is 4.39 Å². The molecule has 8 heteroatoms. The summed E-state index contributed by atoms with van der Waals surface area (Å²) < 4.78 is 13.2. The lowest BCUT2D eigenvalue weighted by atomic mass is 10.1. The van der Waals surface area contributed by atoms with Crippen molar-refractivity contribution in [3.63, 3.8) is 0 Å². The van der Waals surface area contributed by atoms with Crippen LogP contribution >= 0.6 is 23.8 Å². The van der Waals surface area contributed by atoms with Crippen LogP contribution in [0.3, 0.4) is 0 Å². The first kappa shape index (κ1) is 22.9. The van der Waals surface area contributed by atoms with Crippen LogP contribution in [0.15, 0.2) is 78.9 Å². The Kier molecular flexibility index (Phi) is 7.01. The van der Waals surface area contributed by atoms with Gasteiger partial charge in [-0.15, -0.1) is 0 Å². The Labute approximate surface area is 201 Å². The molecule has 1 atom stereocenters. The minimum absolute atomic E-state index is 0.0881. The fourth-order valence-corrected chi connectivity index (χ4v) is 4.16. The second-order valence-electron chi connectivity index (χ2n) is 7.72. The molecule has 0 aromatic heterocycles. The van der Waals surface area contributed by atoms with Gasteiger partial charge in [0, 0.05) is 17.3 Å². The predicted molar refractivity (Wildman–Crippen MR) is 130 cm³/mol. The molecule has 1 fully saturated rings. The van der Waals surface area contributed by atoms with Gasteiger partial charge in [-0.1, -0.05) is 54.1 Å². The molecule has 3 aromatic rings. The zero-order valence-electron chi connectivity index (χ0n) is 17.6. The topological polar surface area (TPSA) is 52.7 Å². The van der Waals surface area contributed by atoms with Crippen molar-refractivity contribution in [3.05, 3.63) is 101 Å². The van der Waals surface area contributed by atoms with Gasteiger partial charge in [0.05, 0.1) is 13.0 Å². The summed E-state index contributed by atoms with van der Waals surface area (Å²) in [7, 11) is 0. The highest BCUT2D eigenvalue weighted by molar-refractivity contribution is 7.80. The standard InChI is InChI=1S/C25H21ClFN3O2S/c26-19-8-6-18(7-9-19)15-29-22(14-23(31)28-21-12-10-20(27)11-13-21)24(32)30(25(29)33)16-17-4-2-1-3-5-17/h1-13,22H,14-16H2,(H,28,31). The average Bonchev–Trinajstić information content (AvgIpc) is 3.02. The predicted octanol–water partition coefficient (Wildman–Crippen LogP) is 5.01. The van der Waals surface area contributed by atoms with Crippen LogP contribution in [-0.2, 0) is 22.7 Å². The van der Waals surface area contributed by atoms with Gasteiger partial charge in [-0.05, 0) is 59.7 Å². The molecule has 33 heavy (non-hydrogen) atoms. The summed E-state index contributed by atoms with van der Waals surface area (Å²) >= 11 is 11.7. The lowest BCUT2D eigenvalue weighted by Crippen LogP contribution is -2.37. The molecule has 1 N–H and O–H groups in total. The van der Waals surface area contributed by atoms with Crippen LogP contribution in [0.4, 0.5) is 10.1 Å². The van der Waals surface area contributed by atoms with E-state index in [9.17, 15) is 14.0 Å². The molecule has 1 aliphatic rings. The monoisotopic (exact) mass is 481 g/mol. The fraction of sp³-hybridized carbons (Fsp3) is 0.160. The first-order chi connectivity index (χ1) is 15.9. The molecule has 2 amide bonds. The minimum atomic E-state index is -0.752. The van der Waals surface area contributed by atoms with Crippen molar-refractivity contribution in [1.82, 2.24) is 9.80 Å². The Morgan fingerprint density at radius 1 is 0.939 bits per heavy atom. The van der Waals surface area contributed by atoms with E-state index >= 15 is 0 Å². The van der Waals surface area contributed by atoms with E-state index in [0.717, 1.165) is 11.1 Å². The number of rotatable bonds is 7. The van der Waals surface area contributed by atoms with Gasteiger partial charge < -0.3 is 10.2 Å². The van der Waals surface area contributed by atoms with E-state index in [1.165, 1.54) is 29.2 Å². The van der Waals surface area contributed by atoms with Gasteiger partial charge in [0.25, 0.3) is 5.91 Å². The number of halogens is 2. The number of carbonyl (C=O) groups is 2. The maximum absolute atomic E-state index is 13.4. The third kappa shape index (κ3) is 5.56. The molecule has 0 bridgehead atoms. The second-order valence-corrected chi connectivity index (χ2v) is 8.52. The molecule has 1 aliphatic heterocycles. The number of amides is 2. The first-order valence-corrected chi connectivity index (χ1v) is 11.1. The van der Waals surface area contributed by atoms with Crippen LogP contribution in [0.25, 0.3) is 0 Å². The van der Waals surface area contributed by atoms with E-state index in [2.05, 4.69) is 5.32 Å². The van der Waals surface area contributed by atoms with Crippen LogP contribution in [0, 0.1) is 5.82 Å². The molecular formula is C25H21ClFN3O2S. The molecule has 3 aromatic carbocycles. The van der Waals surface area contributed by atoms with Crippen molar-refractivity contribution in [1.29, 1.82) is 0 Å². The lowest BCUT2D eigenvalue weighted by molar-refractivity contribution is -0.131. The summed E-state index contributed by atoms with van der Waals surface area (Å²) in [5.41, 5.74) is 2.32. The summed E-state index contributed by atoms with van der Waals surface area (Å²) in [5.74, 6) is -0.979. The zero-order chi connectivity index (χ0) is 23.4. The molecule has 0 aliphatic carbocycles. The molecule has 0 spiro atoms. The lowest BCUT2D eigenvalue weighted by Gasteiger charge is -2.24. The largest absolute Gasteiger partial charge is 0.332 e. The van der Waals surface area contributed by atoms with E-state index in [1.54, 1.807) is 17.0 Å². The molecule has 5 nitrogen and oxygen atoms in total. The van der Waals surface area contributed by atoms with Crippen molar-refractivity contribution in [2.24, 2.45) is 0 Å². The molecule has 0 radical (unpaired) electrons. The highest BCUT2D eigenvalue weighted by Crippen LogP contribution is 2.26. The highest BCUT2D eigenvalue weighted by atomic mass is 35.5. The maximum atomic E-state index is 13.4. The molecule has 1 saturated heterocycles. The summed E-state index contributed by atoms with van der Waals surface area (Å²) in [6, 6.07) is 21.6. The summed E-state index contributed by atoms with van der Waals surface area (Å²) in [6.45, 7) is 0.688. The smallest absolute Gasteiger partial charge is 0.252 e. The van der Waals surface area contributed by atoms with Crippen molar-refractivity contribution in [2.45, 2.75) is 25.6 Å². The molecule has 168 valence electrons. The summed E-state index contributed by atoms with van der Waals surface area (Å²) in [4.78, 5) is 29.4. The molecule has 0 saturated carbocycles. The van der Waals surface area contributed by atoms with Gasteiger partial charge in [-0.2, -0.15) is 0 Å². The number of hydrogen-bond donors (Lipinski definition) is 1. The third-order valence-corrected chi connectivity index (χ3v) is 6.07. The fourth-order valence-electron chi connectivity index (χ4n) is 3.69. The van der Waals surface area contributed by atoms with Gasteiger partial charge in [0.2, 0.25) is 5.91 Å². The van der Waals surface area contributed by atoms with Gasteiger partial charge >= 0.3 is 0 Å². The van der Waals surface area contributed by atoms with E-state index < -0.39 is 11.9 Å². The number of nitrogens with one attached hydrogen (secondary N) is 1. The normalized spacial score (nSPS) is 15.8. The van der Waals surface area contributed by atoms with Crippen molar-refractivity contribution < 1.29 is 14.0 Å². The van der Waals surface area contributed by atoms with Crippen LogP contribution < -0.4 is 5.32 Å². The second kappa shape index (κ2) is 10.1. The summed E-state index contributed by atoms with van der Waals surface area (Å²) in [6.07, 6.45) is -0.0881.